The van der Waals surface area contributed by atoms with Crippen LogP contribution in [0.15, 0.2) is 40.9 Å². The lowest BCUT2D eigenvalue weighted by molar-refractivity contribution is 0.0600. The lowest BCUT2D eigenvalue weighted by atomic mass is 10.1. The standard InChI is InChI=1S/C17H13BrFNO3/c1-23-17(22)11-2-5-15-10(8-11)6-7-20(15)16(21)13-9-12(19)3-4-14(13)18/h2-5,8-9H,6-7H2,1H3. The molecular weight excluding hydrogens is 365 g/mol. The second-order valence-corrected chi connectivity index (χ2v) is 6.02. The van der Waals surface area contributed by atoms with Crippen LogP contribution in [0.5, 0.6) is 0 Å². The number of hydrogen-bond donors (Lipinski definition) is 0. The molecule has 0 fully saturated rings. The number of benzene rings is 2. The van der Waals surface area contributed by atoms with Gasteiger partial charge in [0.2, 0.25) is 0 Å². The number of fused-ring (bicyclic) bond motifs is 1. The fraction of sp³-hybridized carbons (Fsp3) is 0.176. The molecule has 0 saturated carbocycles. The topological polar surface area (TPSA) is 46.6 Å². The summed E-state index contributed by atoms with van der Waals surface area (Å²) in [6, 6.07) is 9.10. The Kier molecular flexibility index (Phi) is 4.17. The first kappa shape index (κ1) is 15.7. The Hall–Kier alpha value is -2.21. The van der Waals surface area contributed by atoms with E-state index in [1.807, 2.05) is 0 Å². The first-order valence-electron chi connectivity index (χ1n) is 6.99. The minimum atomic E-state index is -0.461. The van der Waals surface area contributed by atoms with Gasteiger partial charge in [0.1, 0.15) is 5.82 Å². The normalized spacial score (nSPS) is 12.9. The number of hydrogen-bond acceptors (Lipinski definition) is 3. The molecule has 0 spiro atoms. The quantitative estimate of drug-likeness (QED) is 0.751. The number of halogens is 2. The molecule has 0 bridgehead atoms. The molecule has 0 aromatic heterocycles. The van der Waals surface area contributed by atoms with E-state index in [0.29, 0.717) is 23.0 Å². The number of anilines is 1. The summed E-state index contributed by atoms with van der Waals surface area (Å²) in [5, 5.41) is 0. The van der Waals surface area contributed by atoms with Crippen LogP contribution in [0.2, 0.25) is 0 Å². The van der Waals surface area contributed by atoms with Crippen LogP contribution in [0.1, 0.15) is 26.3 Å². The lowest BCUT2D eigenvalue weighted by Gasteiger charge is -2.18. The van der Waals surface area contributed by atoms with Crippen LogP contribution in [0.25, 0.3) is 0 Å². The maximum atomic E-state index is 13.4. The van der Waals surface area contributed by atoms with E-state index in [0.717, 1.165) is 11.3 Å². The molecule has 1 heterocycles. The highest BCUT2D eigenvalue weighted by Crippen LogP contribution is 2.31. The molecule has 0 atom stereocenters. The highest BCUT2D eigenvalue weighted by molar-refractivity contribution is 9.10. The van der Waals surface area contributed by atoms with E-state index in [9.17, 15) is 14.0 Å². The molecule has 23 heavy (non-hydrogen) atoms. The molecule has 0 unspecified atom stereocenters. The van der Waals surface area contributed by atoms with Crippen molar-refractivity contribution < 1.29 is 18.7 Å². The van der Waals surface area contributed by atoms with Crippen molar-refractivity contribution in [3.05, 3.63) is 63.4 Å². The summed E-state index contributed by atoms with van der Waals surface area (Å²) < 4.78 is 18.7. The monoisotopic (exact) mass is 377 g/mol. The molecule has 2 aromatic rings. The van der Waals surface area contributed by atoms with Crippen molar-refractivity contribution in [2.45, 2.75) is 6.42 Å². The Morgan fingerprint density at radius 2 is 2.00 bits per heavy atom. The molecule has 1 amide bonds. The smallest absolute Gasteiger partial charge is 0.337 e. The van der Waals surface area contributed by atoms with Gasteiger partial charge in [-0.15, -0.1) is 0 Å². The van der Waals surface area contributed by atoms with Gasteiger partial charge in [0, 0.05) is 16.7 Å². The van der Waals surface area contributed by atoms with Crippen molar-refractivity contribution in [2.75, 3.05) is 18.6 Å². The Balaban J connectivity index is 1.95. The number of esters is 1. The van der Waals surface area contributed by atoms with E-state index in [4.69, 9.17) is 4.74 Å². The minimum Gasteiger partial charge on any atom is -0.465 e. The van der Waals surface area contributed by atoms with E-state index >= 15 is 0 Å². The van der Waals surface area contributed by atoms with Gasteiger partial charge in [-0.1, -0.05) is 0 Å². The van der Waals surface area contributed by atoms with E-state index in [2.05, 4.69) is 15.9 Å². The zero-order valence-electron chi connectivity index (χ0n) is 12.3. The van der Waals surface area contributed by atoms with Gasteiger partial charge in [0.05, 0.1) is 18.2 Å². The van der Waals surface area contributed by atoms with Crippen molar-refractivity contribution in [1.29, 1.82) is 0 Å². The highest BCUT2D eigenvalue weighted by atomic mass is 79.9. The second kappa shape index (κ2) is 6.12. The first-order chi connectivity index (χ1) is 11.0. The summed E-state index contributed by atoms with van der Waals surface area (Å²) in [6.07, 6.45) is 0.638. The Bertz CT molecular complexity index is 806. The largest absolute Gasteiger partial charge is 0.465 e. The summed E-state index contributed by atoms with van der Waals surface area (Å²) in [5.41, 5.74) is 2.36. The fourth-order valence-corrected chi connectivity index (χ4v) is 3.08. The number of ether oxygens (including phenoxy) is 1. The highest BCUT2D eigenvalue weighted by Gasteiger charge is 2.27. The summed E-state index contributed by atoms with van der Waals surface area (Å²) in [4.78, 5) is 25.9. The Labute approximate surface area is 141 Å². The summed E-state index contributed by atoms with van der Waals surface area (Å²) in [5.74, 6) is -1.15. The van der Waals surface area contributed by atoms with Gasteiger partial charge in [-0.3, -0.25) is 4.79 Å². The average Bonchev–Trinajstić information content (AvgIpc) is 2.98. The molecule has 4 nitrogen and oxygen atoms in total. The van der Waals surface area contributed by atoms with Crippen molar-refractivity contribution in [3.63, 3.8) is 0 Å². The lowest BCUT2D eigenvalue weighted by Crippen LogP contribution is -2.29. The molecular formula is C17H13BrFNO3. The molecule has 0 saturated heterocycles. The van der Waals surface area contributed by atoms with Crippen LogP contribution in [0, 0.1) is 5.82 Å². The third kappa shape index (κ3) is 2.86. The van der Waals surface area contributed by atoms with Crippen LogP contribution in [-0.2, 0) is 11.2 Å². The predicted octanol–water partition coefficient (Wildman–Crippen LogP) is 3.58. The average molecular weight is 378 g/mol. The van der Waals surface area contributed by atoms with Crippen molar-refractivity contribution >= 4 is 33.5 Å². The van der Waals surface area contributed by atoms with Crippen molar-refractivity contribution in [2.24, 2.45) is 0 Å². The molecule has 118 valence electrons. The third-order valence-electron chi connectivity index (χ3n) is 3.80. The first-order valence-corrected chi connectivity index (χ1v) is 7.78. The summed E-state index contributed by atoms with van der Waals surface area (Å²) in [6.45, 7) is 0.488. The number of rotatable bonds is 2. The Morgan fingerprint density at radius 3 is 2.74 bits per heavy atom. The number of carbonyl (C=O) groups is 2. The van der Waals surface area contributed by atoms with Gasteiger partial charge in [-0.2, -0.15) is 0 Å². The van der Waals surface area contributed by atoms with E-state index < -0.39 is 11.8 Å². The van der Waals surface area contributed by atoms with Crippen LogP contribution < -0.4 is 4.90 Å². The van der Waals surface area contributed by atoms with Crippen molar-refractivity contribution in [1.82, 2.24) is 0 Å². The minimum absolute atomic E-state index is 0.273. The molecule has 0 N–H and O–H groups in total. The van der Waals surface area contributed by atoms with Crippen LogP contribution in [-0.4, -0.2) is 25.5 Å². The molecule has 3 rings (SSSR count). The van der Waals surface area contributed by atoms with Crippen molar-refractivity contribution in [3.8, 4) is 0 Å². The zero-order chi connectivity index (χ0) is 16.6. The SMILES string of the molecule is COC(=O)c1ccc2c(c1)CCN2C(=O)c1cc(F)ccc1Br. The van der Waals surface area contributed by atoms with E-state index in [1.54, 1.807) is 23.1 Å². The number of methoxy groups -OCH3 is 1. The van der Waals surface area contributed by atoms with Crippen LogP contribution in [0.3, 0.4) is 0 Å². The predicted molar refractivity (Wildman–Crippen MR) is 87.3 cm³/mol. The third-order valence-corrected chi connectivity index (χ3v) is 4.49. The second-order valence-electron chi connectivity index (χ2n) is 5.17. The molecule has 0 radical (unpaired) electrons. The van der Waals surface area contributed by atoms with E-state index in [-0.39, 0.29) is 11.5 Å². The zero-order valence-corrected chi connectivity index (χ0v) is 13.9. The maximum absolute atomic E-state index is 13.4. The fourth-order valence-electron chi connectivity index (χ4n) is 2.66. The molecule has 6 heteroatoms. The summed E-state index contributed by atoms with van der Waals surface area (Å²) in [7, 11) is 1.33. The maximum Gasteiger partial charge on any atom is 0.337 e. The number of amides is 1. The molecule has 2 aromatic carbocycles. The van der Waals surface area contributed by atoms with Crippen LogP contribution >= 0.6 is 15.9 Å². The van der Waals surface area contributed by atoms with Gasteiger partial charge in [0.15, 0.2) is 0 Å². The van der Waals surface area contributed by atoms with Gasteiger partial charge >= 0.3 is 5.97 Å². The van der Waals surface area contributed by atoms with Gasteiger partial charge in [-0.05, 0) is 64.3 Å². The molecule has 1 aliphatic rings. The molecule has 1 aliphatic heterocycles. The number of carbonyl (C=O) groups excluding carboxylic acids is 2. The van der Waals surface area contributed by atoms with E-state index in [1.165, 1.54) is 25.3 Å². The van der Waals surface area contributed by atoms with Gasteiger partial charge < -0.3 is 9.64 Å². The van der Waals surface area contributed by atoms with Gasteiger partial charge in [-0.25, -0.2) is 9.18 Å². The number of nitrogens with zero attached hydrogens (tertiary/aromatic N) is 1. The van der Waals surface area contributed by atoms with Gasteiger partial charge in [0.25, 0.3) is 5.91 Å². The molecule has 0 aliphatic carbocycles. The Morgan fingerprint density at radius 1 is 1.22 bits per heavy atom. The summed E-state index contributed by atoms with van der Waals surface area (Å²) >= 11 is 3.28. The van der Waals surface area contributed by atoms with Crippen LogP contribution in [0.4, 0.5) is 10.1 Å².